The predicted octanol–water partition coefficient (Wildman–Crippen LogP) is 8.88. The Morgan fingerprint density at radius 2 is 1.73 bits per heavy atom. The molecule has 0 amide bonds. The van der Waals surface area contributed by atoms with Gasteiger partial charge in [0.05, 0.1) is 11.6 Å². The van der Waals surface area contributed by atoms with Gasteiger partial charge in [-0.2, -0.15) is 0 Å². The van der Waals surface area contributed by atoms with Crippen molar-refractivity contribution in [2.75, 3.05) is 38.7 Å². The Bertz CT molecular complexity index is 2380. The molecule has 1 spiro atoms. The highest BCUT2D eigenvalue weighted by molar-refractivity contribution is 6.21. The van der Waals surface area contributed by atoms with E-state index in [1.165, 1.54) is 0 Å². The van der Waals surface area contributed by atoms with Crippen LogP contribution in [-0.2, 0) is 22.5 Å². The summed E-state index contributed by atoms with van der Waals surface area (Å²) in [5.41, 5.74) is 1.30. The Labute approximate surface area is 344 Å². The Kier molecular flexibility index (Phi) is 11.1. The number of benzene rings is 3. The number of rotatable bonds is 11. The molecule has 0 radical (unpaired) electrons. The van der Waals surface area contributed by atoms with E-state index in [1.807, 2.05) is 63.2 Å². The van der Waals surface area contributed by atoms with E-state index in [2.05, 4.69) is 23.2 Å². The van der Waals surface area contributed by atoms with E-state index in [1.54, 1.807) is 51.1 Å². The van der Waals surface area contributed by atoms with Gasteiger partial charge in [0.2, 0.25) is 0 Å². The fourth-order valence-corrected chi connectivity index (χ4v) is 9.23. The first-order valence-electron chi connectivity index (χ1n) is 20.1. The molecule has 59 heavy (non-hydrogen) atoms. The van der Waals surface area contributed by atoms with Crippen molar-refractivity contribution in [3.8, 4) is 11.6 Å². The lowest BCUT2D eigenvalue weighted by Crippen LogP contribution is -2.62. The number of fused-ring (bicyclic) bond motifs is 4. The third-order valence-corrected chi connectivity index (χ3v) is 11.4. The lowest BCUT2D eigenvalue weighted by atomic mass is 9.51. The molecule has 3 aliphatic carbocycles. The minimum absolute atomic E-state index is 0.0232. The number of aldehydes is 1. The second-order valence-electron chi connectivity index (χ2n) is 16.3. The van der Waals surface area contributed by atoms with Crippen molar-refractivity contribution in [3.63, 3.8) is 0 Å². The maximum Gasteiger partial charge on any atom is 0.514 e. The monoisotopic (exact) mass is 801 g/mol. The summed E-state index contributed by atoms with van der Waals surface area (Å²) in [5.74, 6) is -0.576. The summed E-state index contributed by atoms with van der Waals surface area (Å²) in [5, 5.41) is 5.32. The topological polar surface area (TPSA) is 138 Å². The van der Waals surface area contributed by atoms with Gasteiger partial charge in [0.1, 0.15) is 41.8 Å². The third-order valence-electron chi connectivity index (χ3n) is 11.4. The molecular weight excluding hydrogens is 751 g/mol. The molecule has 308 valence electrons. The van der Waals surface area contributed by atoms with Crippen molar-refractivity contribution in [2.45, 2.75) is 65.7 Å². The minimum atomic E-state index is -1.19. The highest BCUT2D eigenvalue weighted by Crippen LogP contribution is 2.65. The summed E-state index contributed by atoms with van der Waals surface area (Å²) in [7, 11) is 3.87. The van der Waals surface area contributed by atoms with Crippen LogP contribution in [0.15, 0.2) is 89.7 Å². The summed E-state index contributed by atoms with van der Waals surface area (Å²) in [4.78, 5) is 60.2. The van der Waals surface area contributed by atoms with Crippen LogP contribution in [0.25, 0.3) is 10.8 Å². The Morgan fingerprint density at radius 1 is 1.02 bits per heavy atom. The van der Waals surface area contributed by atoms with Crippen LogP contribution in [0.3, 0.4) is 0 Å². The van der Waals surface area contributed by atoms with Crippen LogP contribution in [0.1, 0.15) is 95.0 Å². The number of allylic oxidation sites excluding steroid dienone is 1. The average Bonchev–Trinajstić information content (AvgIpc) is 3.61. The second-order valence-corrected chi connectivity index (χ2v) is 16.3. The van der Waals surface area contributed by atoms with Crippen LogP contribution >= 0.6 is 0 Å². The minimum Gasteiger partial charge on any atom is -0.495 e. The number of ether oxygens (including phenoxy) is 4. The molecule has 8 rings (SSSR count). The van der Waals surface area contributed by atoms with Crippen molar-refractivity contribution in [3.05, 3.63) is 119 Å². The molecule has 1 fully saturated rings. The molecule has 0 bridgehead atoms. The van der Waals surface area contributed by atoms with Crippen LogP contribution in [0.4, 0.5) is 10.5 Å². The van der Waals surface area contributed by atoms with E-state index in [-0.39, 0.29) is 53.6 Å². The second kappa shape index (κ2) is 16.0. The van der Waals surface area contributed by atoms with Gasteiger partial charge in [-0.05, 0) is 76.0 Å². The molecule has 3 aromatic carbocycles. The van der Waals surface area contributed by atoms with Gasteiger partial charge in [-0.1, -0.05) is 68.5 Å². The standard InChI is InChI=1S/C45H45N3O9.C2H6/c1-8-17-48(18-9-2)35-28-16-15-26(22-49)19-29(28)38(55-43(52)56-44(3,4)5)33-30(35)20-27-21-31-36(47(6)7)39-34(40(51)45(31)24-54-41(45)32(27)37(33)50)42(46-57-39)53-23-25-13-11-10-12-14-25;1-2/h8-16,19,22,27,31,36H,1-2,17-18,20-21,23-24H2,3-7H3;1-2H3/t27-,31-,36-,45-;/m0./s1. The number of carbonyl (C=O) groups excluding carboxylic acids is 4. The molecule has 4 aromatic rings. The average molecular weight is 802 g/mol. The number of aromatic nitrogens is 1. The molecule has 12 nitrogen and oxygen atoms in total. The van der Waals surface area contributed by atoms with Crippen molar-refractivity contribution < 1.29 is 42.6 Å². The zero-order chi connectivity index (χ0) is 42.4. The number of anilines is 1. The van der Waals surface area contributed by atoms with Gasteiger partial charge >= 0.3 is 6.16 Å². The van der Waals surface area contributed by atoms with Gasteiger partial charge in [0.15, 0.2) is 23.1 Å². The van der Waals surface area contributed by atoms with E-state index >= 15 is 9.59 Å². The predicted molar refractivity (Wildman–Crippen MR) is 223 cm³/mol. The fourth-order valence-electron chi connectivity index (χ4n) is 9.23. The number of carbonyl (C=O) groups is 4. The zero-order valence-electron chi connectivity index (χ0n) is 34.8. The Morgan fingerprint density at radius 3 is 2.34 bits per heavy atom. The van der Waals surface area contributed by atoms with Crippen LogP contribution in [0, 0.1) is 17.3 Å². The molecule has 12 heteroatoms. The first kappa shape index (κ1) is 41.2. The molecular formula is C47H51N3O9. The van der Waals surface area contributed by atoms with Gasteiger partial charge in [0.25, 0.3) is 5.88 Å². The number of hydrogen-bond donors (Lipinski definition) is 0. The van der Waals surface area contributed by atoms with Gasteiger partial charge < -0.3 is 28.4 Å². The first-order chi connectivity index (χ1) is 28.3. The molecule has 4 aliphatic rings. The van der Waals surface area contributed by atoms with Crippen molar-refractivity contribution in [1.29, 1.82) is 0 Å². The summed E-state index contributed by atoms with van der Waals surface area (Å²) in [6, 6.07) is 14.3. The van der Waals surface area contributed by atoms with Crippen molar-refractivity contribution >= 4 is 40.5 Å². The number of Topliss-reactive ketones (excluding diaryl/α,β-unsaturated/α-hetero) is 2. The van der Waals surface area contributed by atoms with Gasteiger partial charge in [-0.25, -0.2) is 4.79 Å². The van der Waals surface area contributed by atoms with E-state index in [0.717, 1.165) is 11.3 Å². The lowest BCUT2D eigenvalue weighted by molar-refractivity contribution is -0.0963. The SMILES string of the molecule is C=CCN(CC=C)c1c2c(c(OC(=O)OC(C)(C)C)c3cc(C=O)ccc13)C(=O)C1=C3OC[C@]34C(=O)c3c(OCc5ccccc5)noc3[C@@H](N(C)C)[C@@H]4C[C@@H]1C2.CC. The third kappa shape index (κ3) is 6.82. The normalized spacial score (nSPS) is 21.3. The summed E-state index contributed by atoms with van der Waals surface area (Å²) in [6.45, 7) is 18.2. The molecule has 1 aliphatic heterocycles. The number of nitrogens with zero attached hydrogens (tertiary/aromatic N) is 3. The van der Waals surface area contributed by atoms with Crippen LogP contribution in [0.5, 0.6) is 11.6 Å². The van der Waals surface area contributed by atoms with Crippen LogP contribution in [-0.4, -0.2) is 73.5 Å². The van der Waals surface area contributed by atoms with E-state index < -0.39 is 29.0 Å². The molecule has 4 atom stereocenters. The highest BCUT2D eigenvalue weighted by atomic mass is 16.7. The van der Waals surface area contributed by atoms with E-state index in [0.29, 0.717) is 71.2 Å². The van der Waals surface area contributed by atoms with Crippen molar-refractivity contribution in [1.82, 2.24) is 10.1 Å². The lowest BCUT2D eigenvalue weighted by Gasteiger charge is -2.57. The Balaban J connectivity index is 0.00000260. The van der Waals surface area contributed by atoms with Crippen LogP contribution in [0.2, 0.25) is 0 Å². The van der Waals surface area contributed by atoms with Crippen molar-refractivity contribution in [2.24, 2.45) is 17.3 Å². The van der Waals surface area contributed by atoms with Gasteiger partial charge in [-0.15, -0.1) is 13.2 Å². The zero-order valence-corrected chi connectivity index (χ0v) is 34.8. The molecule has 2 heterocycles. The molecule has 0 saturated carbocycles. The smallest absolute Gasteiger partial charge is 0.495 e. The first-order valence-corrected chi connectivity index (χ1v) is 20.1. The van der Waals surface area contributed by atoms with Crippen LogP contribution < -0.4 is 14.4 Å². The molecule has 1 aromatic heterocycles. The molecule has 1 saturated heterocycles. The van der Waals surface area contributed by atoms with Gasteiger partial charge in [0, 0.05) is 46.6 Å². The quantitative estimate of drug-likeness (QED) is 0.0620. The fraction of sp³-hybridized carbons (Fsp3) is 0.383. The summed E-state index contributed by atoms with van der Waals surface area (Å²) in [6.07, 6.45) is 4.04. The number of ketones is 2. The largest absolute Gasteiger partial charge is 0.514 e. The summed E-state index contributed by atoms with van der Waals surface area (Å²) < 4.78 is 30.0. The summed E-state index contributed by atoms with van der Waals surface area (Å²) >= 11 is 0. The molecule has 0 N–H and O–H groups in total. The van der Waals surface area contributed by atoms with Gasteiger partial charge in [-0.3, -0.25) is 19.3 Å². The number of hydrogen-bond acceptors (Lipinski definition) is 12. The Hall–Kier alpha value is -6.01. The molecule has 0 unspecified atom stereocenters. The van der Waals surface area contributed by atoms with E-state index in [4.69, 9.17) is 23.5 Å². The highest BCUT2D eigenvalue weighted by Gasteiger charge is 2.69. The maximum absolute atomic E-state index is 15.5. The van der Waals surface area contributed by atoms with E-state index in [9.17, 15) is 9.59 Å². The maximum atomic E-state index is 15.5.